The zero-order chi connectivity index (χ0) is 21.5. The van der Waals surface area contributed by atoms with Gasteiger partial charge >= 0.3 is 5.97 Å². The molecule has 1 aromatic rings. The van der Waals surface area contributed by atoms with Gasteiger partial charge in [0.25, 0.3) is 0 Å². The number of rotatable bonds is 6. The molecule has 2 fully saturated rings. The van der Waals surface area contributed by atoms with Crippen molar-refractivity contribution < 1.29 is 13.9 Å². The molecule has 2 aliphatic rings. The quantitative estimate of drug-likeness (QED) is 0.418. The van der Waals surface area contributed by atoms with Crippen molar-refractivity contribution in [2.45, 2.75) is 38.6 Å². The summed E-state index contributed by atoms with van der Waals surface area (Å²) in [5.41, 5.74) is 0.532. The van der Waals surface area contributed by atoms with Gasteiger partial charge in [0, 0.05) is 30.2 Å². The van der Waals surface area contributed by atoms with E-state index in [9.17, 15) is 9.18 Å². The number of benzene rings is 1. The molecule has 0 aliphatic carbocycles. The van der Waals surface area contributed by atoms with Crippen LogP contribution in [0.15, 0.2) is 23.2 Å². The number of nitrogens with zero attached hydrogens (tertiary/aromatic N) is 3. The summed E-state index contributed by atoms with van der Waals surface area (Å²) in [7, 11) is 1.44. The highest BCUT2D eigenvalue weighted by Crippen LogP contribution is 2.32. The van der Waals surface area contributed by atoms with E-state index in [0.717, 1.165) is 64.4 Å². The van der Waals surface area contributed by atoms with Gasteiger partial charge in [-0.05, 0) is 57.8 Å². The van der Waals surface area contributed by atoms with E-state index in [1.54, 1.807) is 12.1 Å². The largest absolute Gasteiger partial charge is 0.469 e. The highest BCUT2D eigenvalue weighted by molar-refractivity contribution is 6.31. The number of carbonyl (C=O) groups excluding carboxylic acids is 1. The van der Waals surface area contributed by atoms with E-state index in [1.165, 1.54) is 13.2 Å². The van der Waals surface area contributed by atoms with Gasteiger partial charge in [0.1, 0.15) is 5.82 Å². The summed E-state index contributed by atoms with van der Waals surface area (Å²) < 4.78 is 19.6. The van der Waals surface area contributed by atoms with Crippen LogP contribution < -0.4 is 5.32 Å². The fraction of sp³-hybridized carbons (Fsp3) is 0.636. The third-order valence-corrected chi connectivity index (χ3v) is 6.32. The Morgan fingerprint density at radius 3 is 2.60 bits per heavy atom. The summed E-state index contributed by atoms with van der Waals surface area (Å²) in [5.74, 6) is 0.333. The Hall–Kier alpha value is -1.86. The number of likely N-dealkylation sites (tertiary alicyclic amines) is 2. The predicted molar refractivity (Wildman–Crippen MR) is 117 cm³/mol. The average molecular weight is 439 g/mol. The SMILES string of the molecule is CCNC(=NCC(c1c(F)cccc1Cl)N1CCCC1)N1CCC(C(=O)OC)CC1. The molecule has 0 amide bonds. The Labute approximate surface area is 183 Å². The second kappa shape index (κ2) is 11.0. The number of esters is 1. The third kappa shape index (κ3) is 5.43. The van der Waals surface area contributed by atoms with Crippen LogP contribution in [0.4, 0.5) is 4.39 Å². The zero-order valence-electron chi connectivity index (χ0n) is 17.9. The van der Waals surface area contributed by atoms with Crippen molar-refractivity contribution in [1.29, 1.82) is 0 Å². The maximum atomic E-state index is 14.7. The molecule has 0 aromatic heterocycles. The Bertz CT molecular complexity index is 726. The Kier molecular flexibility index (Phi) is 8.33. The van der Waals surface area contributed by atoms with Crippen molar-refractivity contribution in [1.82, 2.24) is 15.1 Å². The smallest absolute Gasteiger partial charge is 0.308 e. The molecule has 0 spiro atoms. The molecule has 166 valence electrons. The second-order valence-electron chi connectivity index (χ2n) is 7.87. The van der Waals surface area contributed by atoms with Gasteiger partial charge in [-0.3, -0.25) is 14.7 Å². The minimum Gasteiger partial charge on any atom is -0.469 e. The molecule has 3 rings (SSSR count). The molecule has 1 N–H and O–H groups in total. The normalized spacial score (nSPS) is 19.7. The average Bonchev–Trinajstić information content (AvgIpc) is 3.29. The number of hydrogen-bond acceptors (Lipinski definition) is 4. The van der Waals surface area contributed by atoms with Gasteiger partial charge in [-0.2, -0.15) is 0 Å². The van der Waals surface area contributed by atoms with Crippen LogP contribution in [-0.2, 0) is 9.53 Å². The molecular formula is C22H32ClFN4O2. The summed E-state index contributed by atoms with van der Waals surface area (Å²) in [4.78, 5) is 21.1. The van der Waals surface area contributed by atoms with Crippen molar-refractivity contribution in [3.8, 4) is 0 Å². The van der Waals surface area contributed by atoms with Gasteiger partial charge in [0.2, 0.25) is 0 Å². The zero-order valence-corrected chi connectivity index (χ0v) is 18.6. The summed E-state index contributed by atoms with van der Waals surface area (Å²) in [6, 6.07) is 4.66. The first kappa shape index (κ1) is 22.8. The topological polar surface area (TPSA) is 57.2 Å². The number of hydrogen-bond donors (Lipinski definition) is 1. The van der Waals surface area contributed by atoms with E-state index in [4.69, 9.17) is 21.3 Å². The molecular weight excluding hydrogens is 407 g/mol. The Morgan fingerprint density at radius 2 is 2.00 bits per heavy atom. The van der Waals surface area contributed by atoms with Crippen LogP contribution in [0.3, 0.4) is 0 Å². The first-order valence-corrected chi connectivity index (χ1v) is 11.2. The number of carbonyl (C=O) groups is 1. The first-order chi connectivity index (χ1) is 14.5. The Morgan fingerprint density at radius 1 is 1.30 bits per heavy atom. The molecule has 2 heterocycles. The number of aliphatic imine (C=N–C) groups is 1. The number of guanidine groups is 1. The van der Waals surface area contributed by atoms with E-state index >= 15 is 0 Å². The number of piperidine rings is 1. The van der Waals surface area contributed by atoms with Crippen LogP contribution in [-0.4, -0.2) is 68.1 Å². The highest BCUT2D eigenvalue weighted by Gasteiger charge is 2.29. The molecule has 30 heavy (non-hydrogen) atoms. The number of halogens is 2. The van der Waals surface area contributed by atoms with Crippen molar-refractivity contribution in [2.75, 3.05) is 46.4 Å². The lowest BCUT2D eigenvalue weighted by molar-refractivity contribution is -0.146. The van der Waals surface area contributed by atoms with Crippen LogP contribution in [0, 0.1) is 11.7 Å². The molecule has 0 bridgehead atoms. The standard InChI is InChI=1S/C22H32ClFN4O2/c1-3-25-22(28-13-9-16(10-14-28)21(29)30-2)26-15-19(27-11-4-5-12-27)20-17(23)7-6-8-18(20)24/h6-8,16,19H,3-5,9-15H2,1-2H3,(H,25,26). The van der Waals surface area contributed by atoms with Crippen LogP contribution in [0.1, 0.15) is 44.2 Å². The predicted octanol–water partition coefficient (Wildman–Crippen LogP) is 3.47. The number of ether oxygens (including phenoxy) is 1. The van der Waals surface area contributed by atoms with Gasteiger partial charge < -0.3 is 15.0 Å². The summed E-state index contributed by atoms with van der Waals surface area (Å²) in [6.45, 7) is 6.52. The highest BCUT2D eigenvalue weighted by atomic mass is 35.5. The van der Waals surface area contributed by atoms with Crippen LogP contribution in [0.2, 0.25) is 5.02 Å². The van der Waals surface area contributed by atoms with Crippen molar-refractivity contribution in [2.24, 2.45) is 10.9 Å². The Balaban J connectivity index is 1.77. The summed E-state index contributed by atoms with van der Waals surface area (Å²) in [6.07, 6.45) is 3.69. The second-order valence-corrected chi connectivity index (χ2v) is 8.28. The first-order valence-electron chi connectivity index (χ1n) is 10.8. The van der Waals surface area contributed by atoms with Gasteiger partial charge in [0.05, 0.1) is 25.6 Å². The maximum Gasteiger partial charge on any atom is 0.308 e. The lowest BCUT2D eigenvalue weighted by atomic mass is 9.97. The lowest BCUT2D eigenvalue weighted by Gasteiger charge is -2.34. The third-order valence-electron chi connectivity index (χ3n) is 5.99. The summed E-state index contributed by atoms with van der Waals surface area (Å²) in [5, 5.41) is 3.80. The van der Waals surface area contributed by atoms with E-state index < -0.39 is 0 Å². The number of methoxy groups -OCH3 is 1. The van der Waals surface area contributed by atoms with Crippen LogP contribution in [0.5, 0.6) is 0 Å². The molecule has 6 nitrogen and oxygen atoms in total. The molecule has 2 aliphatic heterocycles. The molecule has 1 unspecified atom stereocenters. The van der Waals surface area contributed by atoms with E-state index in [-0.39, 0.29) is 23.7 Å². The van der Waals surface area contributed by atoms with Crippen molar-refractivity contribution in [3.05, 3.63) is 34.6 Å². The van der Waals surface area contributed by atoms with E-state index in [2.05, 4.69) is 15.1 Å². The molecule has 0 radical (unpaired) electrons. The fourth-order valence-electron chi connectivity index (χ4n) is 4.36. The van der Waals surface area contributed by atoms with Gasteiger partial charge in [-0.25, -0.2) is 4.39 Å². The minimum absolute atomic E-state index is 0.0521. The van der Waals surface area contributed by atoms with Crippen LogP contribution >= 0.6 is 11.6 Å². The monoisotopic (exact) mass is 438 g/mol. The minimum atomic E-state index is -0.279. The molecule has 2 saturated heterocycles. The number of nitrogens with one attached hydrogen (secondary N) is 1. The van der Waals surface area contributed by atoms with Gasteiger partial charge in [-0.15, -0.1) is 0 Å². The fourth-order valence-corrected chi connectivity index (χ4v) is 4.65. The van der Waals surface area contributed by atoms with Crippen molar-refractivity contribution >= 4 is 23.5 Å². The maximum absolute atomic E-state index is 14.7. The van der Waals surface area contributed by atoms with E-state index in [1.807, 2.05) is 6.92 Å². The lowest BCUT2D eigenvalue weighted by Crippen LogP contribution is -2.47. The van der Waals surface area contributed by atoms with Crippen molar-refractivity contribution in [3.63, 3.8) is 0 Å². The molecule has 1 aromatic carbocycles. The molecule has 8 heteroatoms. The van der Waals surface area contributed by atoms with Gasteiger partial charge in [0.15, 0.2) is 5.96 Å². The summed E-state index contributed by atoms with van der Waals surface area (Å²) >= 11 is 6.40. The molecule has 1 atom stereocenters. The van der Waals surface area contributed by atoms with Gasteiger partial charge in [-0.1, -0.05) is 17.7 Å². The van der Waals surface area contributed by atoms with E-state index in [0.29, 0.717) is 17.1 Å². The van der Waals surface area contributed by atoms with Crippen LogP contribution in [0.25, 0.3) is 0 Å². The molecule has 0 saturated carbocycles.